The van der Waals surface area contributed by atoms with Crippen molar-refractivity contribution in [1.82, 2.24) is 5.32 Å². The van der Waals surface area contributed by atoms with Crippen molar-refractivity contribution in [2.24, 2.45) is 5.92 Å². The molecule has 1 aliphatic heterocycles. The zero-order chi connectivity index (χ0) is 14.8. The summed E-state index contributed by atoms with van der Waals surface area (Å²) in [5.74, 6) is 0.586. The highest BCUT2D eigenvalue weighted by atomic mass is 35.5. The number of benzene rings is 1. The second-order valence-corrected chi connectivity index (χ2v) is 6.35. The van der Waals surface area contributed by atoms with E-state index in [-0.39, 0.29) is 10.6 Å². The van der Waals surface area contributed by atoms with Gasteiger partial charge in [-0.25, -0.2) is 0 Å². The lowest BCUT2D eigenvalue weighted by molar-refractivity contribution is -0.384. The monoisotopic (exact) mass is 309 g/mol. The molecule has 1 saturated carbocycles. The third-order valence-corrected chi connectivity index (χ3v) is 4.66. The van der Waals surface area contributed by atoms with Gasteiger partial charge in [0.1, 0.15) is 5.69 Å². The highest BCUT2D eigenvalue weighted by Crippen LogP contribution is 2.42. The van der Waals surface area contributed by atoms with Gasteiger partial charge in [0, 0.05) is 18.7 Å². The number of nitrogens with one attached hydrogen (secondary N) is 1. The maximum atomic E-state index is 11.3. The normalized spacial score (nSPS) is 19.5. The van der Waals surface area contributed by atoms with Gasteiger partial charge in [-0.3, -0.25) is 10.1 Å². The van der Waals surface area contributed by atoms with Gasteiger partial charge in [-0.15, -0.1) is 0 Å². The molecule has 1 aliphatic carbocycles. The highest BCUT2D eigenvalue weighted by molar-refractivity contribution is 6.33. The van der Waals surface area contributed by atoms with Crippen LogP contribution in [0.2, 0.25) is 5.02 Å². The van der Waals surface area contributed by atoms with Crippen LogP contribution in [0.5, 0.6) is 0 Å². The molecule has 0 atom stereocenters. The van der Waals surface area contributed by atoms with E-state index in [0.717, 1.165) is 45.3 Å². The summed E-state index contributed by atoms with van der Waals surface area (Å²) >= 11 is 6.30. The highest BCUT2D eigenvalue weighted by Gasteiger charge is 2.35. The Morgan fingerprint density at radius 2 is 2.00 bits per heavy atom. The van der Waals surface area contributed by atoms with Crippen LogP contribution >= 0.6 is 11.6 Å². The minimum atomic E-state index is -0.320. The standard InChI is InChI=1S/C15H20ClN3O2/c16-13-2-1-3-14(19(20)21)15(13)18(12-4-5-12)10-11-6-8-17-9-7-11/h1-3,11-12,17H,4-10H2. The molecule has 6 heteroatoms. The number of para-hydroxylation sites is 1. The van der Waals surface area contributed by atoms with E-state index >= 15 is 0 Å². The molecule has 1 aromatic rings. The van der Waals surface area contributed by atoms with E-state index in [1.54, 1.807) is 18.2 Å². The molecule has 0 spiro atoms. The zero-order valence-corrected chi connectivity index (χ0v) is 12.7. The Bertz CT molecular complexity index is 528. The summed E-state index contributed by atoms with van der Waals surface area (Å²) < 4.78 is 0. The summed E-state index contributed by atoms with van der Waals surface area (Å²) in [7, 11) is 0. The fourth-order valence-corrected chi connectivity index (χ4v) is 3.37. The van der Waals surface area contributed by atoms with Crippen LogP contribution in [-0.2, 0) is 0 Å². The molecule has 3 rings (SSSR count). The maximum absolute atomic E-state index is 11.3. The number of nitro benzene ring substituents is 1. The van der Waals surface area contributed by atoms with Gasteiger partial charge in [-0.1, -0.05) is 17.7 Å². The number of rotatable bonds is 5. The summed E-state index contributed by atoms with van der Waals surface area (Å²) in [6.07, 6.45) is 4.46. The number of nitro groups is 1. The van der Waals surface area contributed by atoms with E-state index < -0.39 is 0 Å². The van der Waals surface area contributed by atoms with Crippen LogP contribution in [0.15, 0.2) is 18.2 Å². The maximum Gasteiger partial charge on any atom is 0.294 e. The fourth-order valence-electron chi connectivity index (χ4n) is 3.09. The SMILES string of the molecule is O=[N+]([O-])c1cccc(Cl)c1N(CC1CCNCC1)C1CC1. The van der Waals surface area contributed by atoms with Gasteiger partial charge < -0.3 is 10.2 Å². The Kier molecular flexibility index (Phi) is 4.31. The first-order valence-corrected chi connectivity index (χ1v) is 7.95. The van der Waals surface area contributed by atoms with Crippen LogP contribution in [0.25, 0.3) is 0 Å². The van der Waals surface area contributed by atoms with Crippen molar-refractivity contribution in [2.45, 2.75) is 31.7 Å². The van der Waals surface area contributed by atoms with Gasteiger partial charge in [-0.2, -0.15) is 0 Å². The summed E-state index contributed by atoms with van der Waals surface area (Å²) in [4.78, 5) is 13.2. The third kappa shape index (κ3) is 3.30. The number of anilines is 1. The number of halogens is 1. The Balaban J connectivity index is 1.88. The molecule has 114 valence electrons. The van der Waals surface area contributed by atoms with Crippen LogP contribution < -0.4 is 10.2 Å². The molecule has 1 saturated heterocycles. The molecule has 0 radical (unpaired) electrons. The molecule has 21 heavy (non-hydrogen) atoms. The lowest BCUT2D eigenvalue weighted by atomic mass is 9.97. The van der Waals surface area contributed by atoms with Crippen molar-refractivity contribution in [1.29, 1.82) is 0 Å². The molecule has 1 heterocycles. The molecule has 0 amide bonds. The first-order chi connectivity index (χ1) is 10.2. The quantitative estimate of drug-likeness (QED) is 0.670. The Morgan fingerprint density at radius 1 is 1.29 bits per heavy atom. The largest absolute Gasteiger partial charge is 0.361 e. The molecule has 1 aromatic carbocycles. The predicted octanol–water partition coefficient (Wildman–Crippen LogP) is 3.22. The lowest BCUT2D eigenvalue weighted by Crippen LogP contribution is -2.37. The van der Waals surface area contributed by atoms with Crippen molar-refractivity contribution >= 4 is 23.0 Å². The number of piperidine rings is 1. The number of hydrogen-bond donors (Lipinski definition) is 1. The van der Waals surface area contributed by atoms with E-state index in [1.807, 2.05) is 0 Å². The number of nitrogens with zero attached hydrogens (tertiary/aromatic N) is 2. The van der Waals surface area contributed by atoms with Gasteiger partial charge >= 0.3 is 0 Å². The van der Waals surface area contributed by atoms with Crippen LogP contribution in [0.3, 0.4) is 0 Å². The molecule has 0 unspecified atom stereocenters. The summed E-state index contributed by atoms with van der Waals surface area (Å²) in [6, 6.07) is 5.37. The molecular formula is C15H20ClN3O2. The summed E-state index contributed by atoms with van der Waals surface area (Å²) in [5.41, 5.74) is 0.744. The average molecular weight is 310 g/mol. The van der Waals surface area contributed by atoms with E-state index in [9.17, 15) is 10.1 Å². The zero-order valence-electron chi connectivity index (χ0n) is 11.9. The minimum absolute atomic E-state index is 0.128. The van der Waals surface area contributed by atoms with Gasteiger partial charge in [0.15, 0.2) is 0 Å². The molecule has 1 N–H and O–H groups in total. The second-order valence-electron chi connectivity index (χ2n) is 5.94. The van der Waals surface area contributed by atoms with E-state index in [0.29, 0.717) is 22.7 Å². The lowest BCUT2D eigenvalue weighted by Gasteiger charge is -2.32. The van der Waals surface area contributed by atoms with E-state index in [4.69, 9.17) is 11.6 Å². The van der Waals surface area contributed by atoms with Crippen molar-refractivity contribution in [3.05, 3.63) is 33.3 Å². The second kappa shape index (κ2) is 6.20. The van der Waals surface area contributed by atoms with E-state index in [1.165, 1.54) is 0 Å². The topological polar surface area (TPSA) is 58.4 Å². The van der Waals surface area contributed by atoms with Crippen molar-refractivity contribution in [3.8, 4) is 0 Å². The van der Waals surface area contributed by atoms with Crippen molar-refractivity contribution < 1.29 is 4.92 Å². The minimum Gasteiger partial charge on any atom is -0.361 e. The molecule has 5 nitrogen and oxygen atoms in total. The van der Waals surface area contributed by atoms with E-state index in [2.05, 4.69) is 10.2 Å². The summed E-state index contributed by atoms with van der Waals surface area (Å²) in [6.45, 7) is 2.94. The van der Waals surface area contributed by atoms with Crippen LogP contribution in [-0.4, -0.2) is 30.6 Å². The smallest absolute Gasteiger partial charge is 0.294 e. The molecule has 0 bridgehead atoms. The van der Waals surface area contributed by atoms with Gasteiger partial charge in [-0.05, 0) is 50.8 Å². The van der Waals surface area contributed by atoms with Crippen LogP contribution in [0.4, 0.5) is 11.4 Å². The molecule has 2 fully saturated rings. The van der Waals surface area contributed by atoms with Gasteiger partial charge in [0.2, 0.25) is 0 Å². The first-order valence-electron chi connectivity index (χ1n) is 7.57. The Morgan fingerprint density at radius 3 is 2.62 bits per heavy atom. The number of hydrogen-bond acceptors (Lipinski definition) is 4. The van der Waals surface area contributed by atoms with Crippen LogP contribution in [0, 0.1) is 16.0 Å². The third-order valence-electron chi connectivity index (χ3n) is 4.35. The predicted molar refractivity (Wildman–Crippen MR) is 84.1 cm³/mol. The summed E-state index contributed by atoms with van der Waals surface area (Å²) in [5, 5.41) is 15.2. The first kappa shape index (κ1) is 14.6. The fraction of sp³-hybridized carbons (Fsp3) is 0.600. The van der Waals surface area contributed by atoms with Gasteiger partial charge in [0.05, 0.1) is 9.95 Å². The van der Waals surface area contributed by atoms with Gasteiger partial charge in [0.25, 0.3) is 5.69 Å². The Labute approximate surface area is 129 Å². The van der Waals surface area contributed by atoms with Crippen molar-refractivity contribution in [2.75, 3.05) is 24.5 Å². The Hall–Kier alpha value is -1.33. The average Bonchev–Trinajstić information content (AvgIpc) is 3.30. The van der Waals surface area contributed by atoms with Crippen LogP contribution in [0.1, 0.15) is 25.7 Å². The molecule has 2 aliphatic rings. The molecular weight excluding hydrogens is 290 g/mol. The van der Waals surface area contributed by atoms with Crippen molar-refractivity contribution in [3.63, 3.8) is 0 Å². The molecule has 0 aromatic heterocycles.